The molecular weight excluding hydrogens is 312 g/mol. The normalized spacial score (nSPS) is 13.8. The maximum atomic E-state index is 13.2. The summed E-state index contributed by atoms with van der Waals surface area (Å²) in [6, 6.07) is 11.8. The monoisotopic (exact) mass is 329 g/mol. The van der Waals surface area contributed by atoms with E-state index in [1.54, 1.807) is 18.2 Å². The van der Waals surface area contributed by atoms with Gasteiger partial charge in [-0.15, -0.1) is 0 Å². The van der Waals surface area contributed by atoms with Crippen molar-refractivity contribution in [2.75, 3.05) is 13.6 Å². The molecule has 1 amide bonds. The van der Waals surface area contributed by atoms with E-state index in [0.717, 1.165) is 11.4 Å². The Hall–Kier alpha value is -2.76. The minimum absolute atomic E-state index is 0.272. The van der Waals surface area contributed by atoms with Crippen LogP contribution < -0.4 is 0 Å². The third-order valence-electron chi connectivity index (χ3n) is 3.86. The summed E-state index contributed by atoms with van der Waals surface area (Å²) in [5.74, 6) is -0.270. The molecule has 1 heterocycles. The van der Waals surface area contributed by atoms with Crippen molar-refractivity contribution >= 4 is 11.7 Å². The van der Waals surface area contributed by atoms with Gasteiger partial charge < -0.3 is 4.90 Å². The summed E-state index contributed by atoms with van der Waals surface area (Å²) < 4.78 is 26.2. The van der Waals surface area contributed by atoms with E-state index in [1.807, 2.05) is 11.9 Å². The fraction of sp³-hybridized carbons (Fsp3) is 0.222. The van der Waals surface area contributed by atoms with Crippen molar-refractivity contribution in [3.63, 3.8) is 0 Å². The number of hydrogen-bond acceptors (Lipinski definition) is 3. The molecule has 0 saturated heterocycles. The van der Waals surface area contributed by atoms with Gasteiger partial charge in [0.05, 0.1) is 6.54 Å². The highest BCUT2D eigenvalue weighted by atomic mass is 19.1. The number of amidine groups is 1. The van der Waals surface area contributed by atoms with Crippen LogP contribution in [0.15, 0.2) is 53.6 Å². The highest BCUT2D eigenvalue weighted by molar-refractivity contribution is 5.96. The van der Waals surface area contributed by atoms with Gasteiger partial charge >= 0.3 is 0 Å². The second kappa shape index (κ2) is 6.78. The first-order valence-corrected chi connectivity index (χ1v) is 7.63. The molecule has 0 aliphatic carbocycles. The molecule has 2 aromatic carbocycles. The zero-order chi connectivity index (χ0) is 17.1. The molecule has 1 aliphatic heterocycles. The lowest BCUT2D eigenvalue weighted by molar-refractivity contribution is 0.0777. The lowest BCUT2D eigenvalue weighted by Gasteiger charge is -2.18. The molecule has 0 saturated carbocycles. The molecule has 124 valence electrons. The molecule has 0 atom stereocenters. The van der Waals surface area contributed by atoms with Gasteiger partial charge in [-0.2, -0.15) is 5.10 Å². The standard InChI is InChI=1S/C18H17F2N3O/c1-22(12-13-5-7-15(19)8-6-13)17-9-10-23(21-17)18(24)14-3-2-4-16(20)11-14/h2-8,11H,9-10,12H2,1H3. The van der Waals surface area contributed by atoms with Gasteiger partial charge in [0.15, 0.2) is 0 Å². The molecule has 4 nitrogen and oxygen atoms in total. The molecule has 0 unspecified atom stereocenters. The zero-order valence-corrected chi connectivity index (χ0v) is 13.2. The maximum absolute atomic E-state index is 13.2. The van der Waals surface area contributed by atoms with Crippen molar-refractivity contribution in [1.82, 2.24) is 9.91 Å². The first-order valence-electron chi connectivity index (χ1n) is 7.63. The summed E-state index contributed by atoms with van der Waals surface area (Å²) in [6.45, 7) is 1.03. The van der Waals surface area contributed by atoms with E-state index in [2.05, 4.69) is 5.10 Å². The Kier molecular flexibility index (Phi) is 4.55. The number of carbonyl (C=O) groups excluding carboxylic acids is 1. The van der Waals surface area contributed by atoms with Crippen LogP contribution in [0, 0.1) is 11.6 Å². The van der Waals surface area contributed by atoms with Crippen LogP contribution in [0.25, 0.3) is 0 Å². The predicted octanol–water partition coefficient (Wildman–Crippen LogP) is 3.26. The molecule has 0 fully saturated rings. The van der Waals surface area contributed by atoms with Crippen LogP contribution in [-0.2, 0) is 6.54 Å². The number of rotatable bonds is 3. The smallest absolute Gasteiger partial charge is 0.274 e. The SMILES string of the molecule is CN(Cc1ccc(F)cc1)C1=NN(C(=O)c2cccc(F)c2)CC1. The average Bonchev–Trinajstić information content (AvgIpc) is 3.06. The molecule has 2 aromatic rings. The molecule has 0 radical (unpaired) electrons. The number of halogens is 2. The summed E-state index contributed by atoms with van der Waals surface area (Å²) in [7, 11) is 1.87. The zero-order valence-electron chi connectivity index (χ0n) is 13.2. The van der Waals surface area contributed by atoms with Gasteiger partial charge in [0.1, 0.15) is 17.5 Å². The summed E-state index contributed by atoms with van der Waals surface area (Å²) in [5, 5.41) is 5.69. The Morgan fingerprint density at radius 3 is 2.62 bits per heavy atom. The number of amides is 1. The molecule has 0 spiro atoms. The van der Waals surface area contributed by atoms with Crippen molar-refractivity contribution < 1.29 is 13.6 Å². The highest BCUT2D eigenvalue weighted by Crippen LogP contribution is 2.16. The number of hydrazone groups is 1. The summed E-state index contributed by atoms with van der Waals surface area (Å²) >= 11 is 0. The molecule has 0 bridgehead atoms. The van der Waals surface area contributed by atoms with Gasteiger partial charge in [0.2, 0.25) is 0 Å². The van der Waals surface area contributed by atoms with E-state index in [1.165, 1.54) is 35.3 Å². The summed E-state index contributed by atoms with van der Waals surface area (Å²) in [6.07, 6.45) is 0.624. The molecule has 3 rings (SSSR count). The minimum Gasteiger partial charge on any atom is -0.357 e. The lowest BCUT2D eigenvalue weighted by Crippen LogP contribution is -2.25. The van der Waals surface area contributed by atoms with Crippen molar-refractivity contribution in [3.8, 4) is 0 Å². The van der Waals surface area contributed by atoms with Crippen molar-refractivity contribution in [1.29, 1.82) is 0 Å². The van der Waals surface area contributed by atoms with Crippen LogP contribution in [-0.4, -0.2) is 35.2 Å². The molecule has 0 N–H and O–H groups in total. The summed E-state index contributed by atoms with van der Waals surface area (Å²) in [5.41, 5.74) is 1.23. The number of carbonyl (C=O) groups is 1. The lowest BCUT2D eigenvalue weighted by atomic mass is 10.2. The maximum Gasteiger partial charge on any atom is 0.274 e. The third-order valence-corrected chi connectivity index (χ3v) is 3.86. The van der Waals surface area contributed by atoms with E-state index in [0.29, 0.717) is 19.5 Å². The van der Waals surface area contributed by atoms with Gasteiger partial charge in [0, 0.05) is 25.6 Å². The van der Waals surface area contributed by atoms with Gasteiger partial charge in [0.25, 0.3) is 5.91 Å². The van der Waals surface area contributed by atoms with Gasteiger partial charge in [-0.1, -0.05) is 18.2 Å². The topological polar surface area (TPSA) is 35.9 Å². The second-order valence-corrected chi connectivity index (χ2v) is 5.69. The first kappa shape index (κ1) is 16.1. The van der Waals surface area contributed by atoms with Crippen LogP contribution >= 0.6 is 0 Å². The fourth-order valence-electron chi connectivity index (χ4n) is 2.58. The van der Waals surface area contributed by atoms with E-state index >= 15 is 0 Å². The number of nitrogens with zero attached hydrogens (tertiary/aromatic N) is 3. The van der Waals surface area contributed by atoms with Crippen LogP contribution in [0.4, 0.5) is 8.78 Å². The van der Waals surface area contributed by atoms with E-state index in [9.17, 15) is 13.6 Å². The van der Waals surface area contributed by atoms with E-state index in [4.69, 9.17) is 0 Å². The molecule has 0 aromatic heterocycles. The van der Waals surface area contributed by atoms with Crippen LogP contribution in [0.3, 0.4) is 0 Å². The van der Waals surface area contributed by atoms with Gasteiger partial charge in [-0.3, -0.25) is 4.79 Å². The van der Waals surface area contributed by atoms with Crippen molar-refractivity contribution in [3.05, 3.63) is 71.3 Å². The fourth-order valence-corrected chi connectivity index (χ4v) is 2.58. The predicted molar refractivity (Wildman–Crippen MR) is 87.4 cm³/mol. The quantitative estimate of drug-likeness (QED) is 0.866. The molecule has 24 heavy (non-hydrogen) atoms. The first-order chi connectivity index (χ1) is 11.5. The van der Waals surface area contributed by atoms with E-state index < -0.39 is 5.82 Å². The Labute approximate surface area is 139 Å². The van der Waals surface area contributed by atoms with Gasteiger partial charge in [-0.05, 0) is 35.9 Å². The summed E-state index contributed by atoms with van der Waals surface area (Å²) in [4.78, 5) is 14.3. The molecule has 1 aliphatic rings. The minimum atomic E-state index is -0.447. The van der Waals surface area contributed by atoms with Crippen molar-refractivity contribution in [2.45, 2.75) is 13.0 Å². The molecular formula is C18H17F2N3O. The average molecular weight is 329 g/mol. The van der Waals surface area contributed by atoms with E-state index in [-0.39, 0.29) is 17.3 Å². The third kappa shape index (κ3) is 3.59. The largest absolute Gasteiger partial charge is 0.357 e. The molecule has 6 heteroatoms. The Balaban J connectivity index is 1.68. The number of benzene rings is 2. The van der Waals surface area contributed by atoms with Gasteiger partial charge in [-0.25, -0.2) is 13.8 Å². The van der Waals surface area contributed by atoms with Crippen LogP contribution in [0.5, 0.6) is 0 Å². The van der Waals surface area contributed by atoms with Crippen molar-refractivity contribution in [2.24, 2.45) is 5.10 Å². The Bertz CT molecular complexity index is 774. The Morgan fingerprint density at radius 2 is 1.92 bits per heavy atom. The van der Waals surface area contributed by atoms with Crippen LogP contribution in [0.2, 0.25) is 0 Å². The Morgan fingerprint density at radius 1 is 1.17 bits per heavy atom. The highest BCUT2D eigenvalue weighted by Gasteiger charge is 2.24. The van der Waals surface area contributed by atoms with Crippen LogP contribution in [0.1, 0.15) is 22.3 Å². The second-order valence-electron chi connectivity index (χ2n) is 5.69. The number of hydrogen-bond donors (Lipinski definition) is 0.